The maximum atomic E-state index is 12.8. The van der Waals surface area contributed by atoms with Crippen LogP contribution in [-0.2, 0) is 19.2 Å². The van der Waals surface area contributed by atoms with E-state index in [9.17, 15) is 34.5 Å². The fourth-order valence-electron chi connectivity index (χ4n) is 2.96. The maximum absolute atomic E-state index is 12.8. The van der Waals surface area contributed by atoms with Crippen LogP contribution >= 0.6 is 0 Å². The van der Waals surface area contributed by atoms with E-state index >= 15 is 0 Å². The largest absolute Gasteiger partial charge is 0.480 e. The van der Waals surface area contributed by atoms with Crippen molar-refractivity contribution in [1.82, 2.24) is 16.0 Å². The van der Waals surface area contributed by atoms with Gasteiger partial charge in [0.05, 0.1) is 18.2 Å². The molecule has 0 rings (SSSR count). The van der Waals surface area contributed by atoms with Crippen molar-refractivity contribution in [2.24, 2.45) is 28.1 Å². The topological polar surface area (TPSA) is 255 Å². The van der Waals surface area contributed by atoms with Gasteiger partial charge in [0.2, 0.25) is 17.7 Å². The van der Waals surface area contributed by atoms with Crippen molar-refractivity contribution in [3.8, 4) is 0 Å². The Labute approximate surface area is 198 Å². The maximum Gasteiger partial charge on any atom is 0.328 e. The van der Waals surface area contributed by atoms with E-state index in [0.29, 0.717) is 6.42 Å². The van der Waals surface area contributed by atoms with Gasteiger partial charge in [-0.15, -0.1) is 0 Å². The molecule has 14 nitrogen and oxygen atoms in total. The fraction of sp³-hybridized carbons (Fsp3) is 0.750. The Bertz CT molecular complexity index is 724. The van der Waals surface area contributed by atoms with Crippen molar-refractivity contribution in [2.45, 2.75) is 83.3 Å². The number of rotatable bonds is 15. The number of carboxylic acids is 1. The van der Waals surface area contributed by atoms with Crippen molar-refractivity contribution in [3.05, 3.63) is 0 Å². The lowest BCUT2D eigenvalue weighted by Gasteiger charge is -2.27. The van der Waals surface area contributed by atoms with E-state index in [-0.39, 0.29) is 31.3 Å². The van der Waals surface area contributed by atoms with Crippen LogP contribution in [0.4, 0.5) is 0 Å². The molecule has 12 N–H and O–H groups in total. The van der Waals surface area contributed by atoms with Crippen LogP contribution in [0.1, 0.15) is 47.0 Å². The molecule has 6 unspecified atom stereocenters. The van der Waals surface area contributed by atoms with E-state index in [0.717, 1.165) is 0 Å². The highest BCUT2D eigenvalue weighted by Crippen LogP contribution is 2.06. The second kappa shape index (κ2) is 15.0. The fourth-order valence-corrected chi connectivity index (χ4v) is 2.96. The second-order valence-electron chi connectivity index (χ2n) is 8.54. The number of carbonyl (C=O) groups is 4. The standard InChI is InChI=1S/C20H39N7O7/c1-9(2)8-12(21)16(30)26-14(10(3)28)18(32)25-13(6-5-7-24-20(22)23)17(31)27-15(11(4)29)19(33)34/h9-15,28-29H,5-8,21H2,1-4H3,(H,25,32)(H,26,30)(H,27,31)(H,33,34)(H4,22,23,24). The molecule has 0 heterocycles. The Morgan fingerprint density at radius 2 is 1.38 bits per heavy atom. The Kier molecular flexibility index (Phi) is 13.7. The number of aliphatic hydroxyl groups is 2. The third kappa shape index (κ3) is 11.8. The van der Waals surface area contributed by atoms with Gasteiger partial charge in [0.25, 0.3) is 0 Å². The molecule has 196 valence electrons. The highest BCUT2D eigenvalue weighted by molar-refractivity contribution is 5.94. The minimum atomic E-state index is -1.62. The van der Waals surface area contributed by atoms with Gasteiger partial charge in [0.15, 0.2) is 12.0 Å². The minimum absolute atomic E-state index is 0.00611. The molecule has 0 fully saturated rings. The molecule has 3 amide bonds. The number of carbonyl (C=O) groups excluding carboxylic acids is 3. The van der Waals surface area contributed by atoms with Crippen molar-refractivity contribution in [2.75, 3.05) is 6.54 Å². The number of carboxylic acid groups (broad SMARTS) is 1. The van der Waals surface area contributed by atoms with Gasteiger partial charge in [-0.1, -0.05) is 13.8 Å². The van der Waals surface area contributed by atoms with E-state index in [2.05, 4.69) is 20.9 Å². The van der Waals surface area contributed by atoms with E-state index in [1.165, 1.54) is 13.8 Å². The zero-order valence-electron chi connectivity index (χ0n) is 20.0. The molecule has 0 saturated carbocycles. The lowest BCUT2D eigenvalue weighted by atomic mass is 10.0. The third-order valence-electron chi connectivity index (χ3n) is 4.75. The highest BCUT2D eigenvalue weighted by Gasteiger charge is 2.33. The molecule has 0 saturated heterocycles. The lowest BCUT2D eigenvalue weighted by Crippen LogP contribution is -2.60. The van der Waals surface area contributed by atoms with Gasteiger partial charge in [0.1, 0.15) is 12.1 Å². The molecule has 0 aliphatic rings. The zero-order valence-corrected chi connectivity index (χ0v) is 20.0. The molecule has 14 heteroatoms. The van der Waals surface area contributed by atoms with E-state index in [4.69, 9.17) is 17.2 Å². The lowest BCUT2D eigenvalue weighted by molar-refractivity contribution is -0.145. The van der Waals surface area contributed by atoms with Gasteiger partial charge in [0, 0.05) is 6.54 Å². The first-order valence-corrected chi connectivity index (χ1v) is 11.0. The first-order chi connectivity index (χ1) is 15.7. The van der Waals surface area contributed by atoms with Crippen LogP contribution in [0, 0.1) is 5.92 Å². The Morgan fingerprint density at radius 1 is 0.853 bits per heavy atom. The molecule has 0 aliphatic heterocycles. The number of hydrogen-bond donors (Lipinski definition) is 9. The molecule has 0 spiro atoms. The van der Waals surface area contributed by atoms with Gasteiger partial charge >= 0.3 is 5.97 Å². The van der Waals surface area contributed by atoms with Crippen molar-refractivity contribution >= 4 is 29.7 Å². The predicted octanol–water partition coefficient (Wildman–Crippen LogP) is -3.29. The smallest absolute Gasteiger partial charge is 0.328 e. The van der Waals surface area contributed by atoms with Gasteiger partial charge in [-0.25, -0.2) is 4.79 Å². The van der Waals surface area contributed by atoms with E-state index in [1.54, 1.807) is 0 Å². The molecule has 0 aromatic carbocycles. The summed E-state index contributed by atoms with van der Waals surface area (Å²) in [6.07, 6.45) is -2.16. The molecule has 0 radical (unpaired) electrons. The monoisotopic (exact) mass is 489 g/mol. The number of hydrogen-bond acceptors (Lipinski definition) is 8. The molecular formula is C20H39N7O7. The summed E-state index contributed by atoms with van der Waals surface area (Å²) in [6, 6.07) is -5.23. The summed E-state index contributed by atoms with van der Waals surface area (Å²) in [5.74, 6) is -3.94. The number of nitrogens with two attached hydrogens (primary N) is 3. The normalized spacial score (nSPS) is 16.4. The Balaban J connectivity index is 5.54. The van der Waals surface area contributed by atoms with Crippen LogP contribution in [0.2, 0.25) is 0 Å². The molecule has 6 atom stereocenters. The third-order valence-corrected chi connectivity index (χ3v) is 4.75. The van der Waals surface area contributed by atoms with Crippen LogP contribution in [0.15, 0.2) is 4.99 Å². The second-order valence-corrected chi connectivity index (χ2v) is 8.54. The summed E-state index contributed by atoms with van der Waals surface area (Å²) in [7, 11) is 0. The summed E-state index contributed by atoms with van der Waals surface area (Å²) in [6.45, 7) is 6.33. The quantitative estimate of drug-likeness (QED) is 0.0629. The van der Waals surface area contributed by atoms with Crippen LogP contribution in [-0.4, -0.2) is 87.9 Å². The molecule has 0 aromatic rings. The number of aliphatic hydroxyl groups excluding tert-OH is 2. The number of nitrogens with zero attached hydrogens (tertiary/aromatic N) is 1. The molecule has 0 aromatic heterocycles. The van der Waals surface area contributed by atoms with E-state index < -0.39 is 60.1 Å². The van der Waals surface area contributed by atoms with Crippen molar-refractivity contribution in [3.63, 3.8) is 0 Å². The number of amides is 3. The summed E-state index contributed by atoms with van der Waals surface area (Å²) in [4.78, 5) is 53.0. The van der Waals surface area contributed by atoms with Gasteiger partial charge < -0.3 is 48.5 Å². The molecule has 34 heavy (non-hydrogen) atoms. The number of aliphatic carboxylic acids is 1. The van der Waals surface area contributed by atoms with Gasteiger partial charge in [-0.05, 0) is 39.0 Å². The summed E-state index contributed by atoms with van der Waals surface area (Å²) in [5.41, 5.74) is 16.4. The van der Waals surface area contributed by atoms with Crippen molar-refractivity contribution < 1.29 is 34.5 Å². The average molecular weight is 490 g/mol. The van der Waals surface area contributed by atoms with E-state index in [1.807, 2.05) is 13.8 Å². The van der Waals surface area contributed by atoms with Gasteiger partial charge in [-0.2, -0.15) is 0 Å². The van der Waals surface area contributed by atoms with Crippen LogP contribution in [0.25, 0.3) is 0 Å². The summed E-state index contributed by atoms with van der Waals surface area (Å²) < 4.78 is 0. The van der Waals surface area contributed by atoms with Gasteiger partial charge in [-0.3, -0.25) is 19.4 Å². The Morgan fingerprint density at radius 3 is 1.82 bits per heavy atom. The summed E-state index contributed by atoms with van der Waals surface area (Å²) >= 11 is 0. The number of aliphatic imine (C=N–C) groups is 1. The van der Waals surface area contributed by atoms with Crippen LogP contribution in [0.3, 0.4) is 0 Å². The molecule has 0 bridgehead atoms. The summed E-state index contributed by atoms with van der Waals surface area (Å²) in [5, 5.41) is 35.8. The minimum Gasteiger partial charge on any atom is -0.480 e. The molecular weight excluding hydrogens is 450 g/mol. The van der Waals surface area contributed by atoms with Crippen LogP contribution < -0.4 is 33.2 Å². The SMILES string of the molecule is CC(C)CC(N)C(=O)NC(C(=O)NC(CCCN=C(N)N)C(=O)NC(C(=O)O)C(C)O)C(C)O. The Hall–Kier alpha value is -2.97. The first kappa shape index (κ1) is 31.0. The molecule has 0 aliphatic carbocycles. The number of nitrogens with one attached hydrogen (secondary N) is 3. The highest BCUT2D eigenvalue weighted by atomic mass is 16.4. The predicted molar refractivity (Wildman–Crippen MR) is 124 cm³/mol. The average Bonchev–Trinajstić information content (AvgIpc) is 2.70. The zero-order chi connectivity index (χ0) is 26.6. The number of guanidine groups is 1. The van der Waals surface area contributed by atoms with Crippen molar-refractivity contribution in [1.29, 1.82) is 0 Å². The van der Waals surface area contributed by atoms with Crippen LogP contribution in [0.5, 0.6) is 0 Å². The first-order valence-electron chi connectivity index (χ1n) is 11.0.